The zero-order valence-electron chi connectivity index (χ0n) is 12.7. The minimum atomic E-state index is -1.47. The molecule has 116 valence electrons. The van der Waals surface area contributed by atoms with Crippen LogP contribution in [0.3, 0.4) is 0 Å². The molecule has 0 aliphatic heterocycles. The average Bonchev–Trinajstić information content (AvgIpc) is 2.52. The lowest BCUT2D eigenvalue weighted by Gasteiger charge is -2.07. The van der Waals surface area contributed by atoms with Gasteiger partial charge in [-0.2, -0.15) is 0 Å². The molecule has 0 saturated heterocycles. The van der Waals surface area contributed by atoms with Crippen LogP contribution in [0.1, 0.15) is 16.7 Å². The van der Waals surface area contributed by atoms with Crippen LogP contribution < -0.4 is 4.74 Å². The Hall–Kier alpha value is -2.27. The van der Waals surface area contributed by atoms with Gasteiger partial charge in [-0.15, -0.1) is 0 Å². The maximum Gasteiger partial charge on any atom is 0.132 e. The number of aryl methyl sites for hydroxylation is 2. The largest absolute Gasteiger partial charge is 0.507 e. The molecule has 0 saturated carbocycles. The molecule has 0 aliphatic carbocycles. The number of phenols is 1. The smallest absolute Gasteiger partial charge is 0.132 e. The van der Waals surface area contributed by atoms with Gasteiger partial charge in [0.1, 0.15) is 17.3 Å². The highest BCUT2D eigenvalue weighted by atomic mass is 32.2. The van der Waals surface area contributed by atoms with Crippen molar-refractivity contribution in [3.05, 3.63) is 58.5 Å². The molecule has 0 aromatic heterocycles. The van der Waals surface area contributed by atoms with Crippen molar-refractivity contribution in [2.45, 2.75) is 18.7 Å². The third-order valence-electron chi connectivity index (χ3n) is 3.30. The molecule has 2 rings (SSSR count). The van der Waals surface area contributed by atoms with Crippen LogP contribution in [0.25, 0.3) is 5.76 Å². The van der Waals surface area contributed by atoms with E-state index in [1.54, 1.807) is 57.4 Å². The summed E-state index contributed by atoms with van der Waals surface area (Å²) in [7, 11) is 0.0898. The van der Waals surface area contributed by atoms with E-state index in [1.165, 1.54) is 5.41 Å². The van der Waals surface area contributed by atoms with Crippen molar-refractivity contribution in [2.75, 3.05) is 7.11 Å². The number of hydrogen-bond donors (Lipinski definition) is 2. The lowest BCUT2D eigenvalue weighted by Crippen LogP contribution is -1.92. The summed E-state index contributed by atoms with van der Waals surface area (Å²) in [6, 6.07) is 10.1. The van der Waals surface area contributed by atoms with E-state index in [0.717, 1.165) is 0 Å². The van der Waals surface area contributed by atoms with Crippen molar-refractivity contribution in [1.82, 2.24) is 0 Å². The van der Waals surface area contributed by atoms with Gasteiger partial charge >= 0.3 is 0 Å². The summed E-state index contributed by atoms with van der Waals surface area (Å²) in [5.41, 5.74) is 1.84. The second-order valence-corrected chi connectivity index (χ2v) is 6.24. The Labute approximate surface area is 132 Å². The predicted molar refractivity (Wildman–Crippen MR) is 87.6 cm³/mol. The number of methoxy groups -OCH3 is 1. The maximum atomic E-state index is 12.2. The summed E-state index contributed by atoms with van der Waals surface area (Å²) in [4.78, 5) is 0.569. The van der Waals surface area contributed by atoms with E-state index in [4.69, 9.17) is 4.74 Å². The zero-order chi connectivity index (χ0) is 16.3. The Kier molecular flexibility index (Phi) is 4.88. The van der Waals surface area contributed by atoms with Gasteiger partial charge in [0.25, 0.3) is 0 Å². The molecular weight excluding hydrogens is 300 g/mol. The van der Waals surface area contributed by atoms with Gasteiger partial charge in [-0.05, 0) is 61.4 Å². The van der Waals surface area contributed by atoms with Crippen LogP contribution in [0.2, 0.25) is 0 Å². The first-order valence-corrected chi connectivity index (χ1v) is 7.89. The fourth-order valence-electron chi connectivity index (χ4n) is 2.05. The Bertz CT molecular complexity index is 710. The molecule has 0 spiro atoms. The molecule has 22 heavy (non-hydrogen) atoms. The Balaban J connectivity index is 2.29. The molecule has 5 heteroatoms. The maximum absolute atomic E-state index is 12.2. The van der Waals surface area contributed by atoms with Gasteiger partial charge in [-0.1, -0.05) is 0 Å². The predicted octanol–water partition coefficient (Wildman–Crippen LogP) is 3.68. The number of aromatic hydroxyl groups is 1. The molecule has 2 aromatic rings. The van der Waals surface area contributed by atoms with Gasteiger partial charge < -0.3 is 14.9 Å². The number of benzene rings is 2. The molecule has 2 N–H and O–H groups in total. The molecule has 0 radical (unpaired) electrons. The van der Waals surface area contributed by atoms with Gasteiger partial charge in [0.05, 0.1) is 17.9 Å². The first kappa shape index (κ1) is 16.1. The zero-order valence-corrected chi connectivity index (χ0v) is 13.5. The van der Waals surface area contributed by atoms with Crippen LogP contribution in [-0.4, -0.2) is 21.5 Å². The third kappa shape index (κ3) is 3.49. The van der Waals surface area contributed by atoms with Crippen LogP contribution in [0.5, 0.6) is 11.5 Å². The van der Waals surface area contributed by atoms with Gasteiger partial charge in [0, 0.05) is 15.9 Å². The van der Waals surface area contributed by atoms with E-state index >= 15 is 0 Å². The quantitative estimate of drug-likeness (QED) is 0.844. The molecule has 2 aromatic carbocycles. The van der Waals surface area contributed by atoms with Crippen LogP contribution in [0, 0.1) is 13.8 Å². The third-order valence-corrected chi connectivity index (χ3v) is 4.47. The first-order chi connectivity index (χ1) is 10.4. The fourth-order valence-corrected chi connectivity index (χ4v) is 2.93. The van der Waals surface area contributed by atoms with Crippen molar-refractivity contribution >= 4 is 16.6 Å². The van der Waals surface area contributed by atoms with E-state index in [0.29, 0.717) is 27.3 Å². The number of aliphatic hydroxyl groups excluding tert-OH is 1. The Morgan fingerprint density at radius 1 is 1.14 bits per heavy atom. The second-order valence-electron chi connectivity index (χ2n) is 4.93. The fraction of sp³-hybridized carbons (Fsp3) is 0.176. The highest BCUT2D eigenvalue weighted by Crippen LogP contribution is 2.26. The van der Waals surface area contributed by atoms with E-state index in [2.05, 4.69) is 0 Å². The number of phenolic OH excluding ortho intramolecular Hbond substituents is 1. The van der Waals surface area contributed by atoms with Gasteiger partial charge in [0.2, 0.25) is 0 Å². The minimum absolute atomic E-state index is 0.0830. The van der Waals surface area contributed by atoms with Gasteiger partial charge in [-0.3, -0.25) is 0 Å². The average molecular weight is 318 g/mol. The topological polar surface area (TPSA) is 66.8 Å². The van der Waals surface area contributed by atoms with Crippen LogP contribution in [0.4, 0.5) is 0 Å². The SMILES string of the molecule is COc1ccc(S(=O)C=C(O)c2cc(C)c(O)c(C)c2)cc1. The highest BCUT2D eigenvalue weighted by molar-refractivity contribution is 7.88. The highest BCUT2D eigenvalue weighted by Gasteiger charge is 2.09. The summed E-state index contributed by atoms with van der Waals surface area (Å²) in [5.74, 6) is 0.798. The normalized spacial score (nSPS) is 13.0. The van der Waals surface area contributed by atoms with Crippen LogP contribution in [0.15, 0.2) is 46.7 Å². The molecule has 0 amide bonds. The molecule has 4 nitrogen and oxygen atoms in total. The second kappa shape index (κ2) is 6.66. The lowest BCUT2D eigenvalue weighted by molar-refractivity contribution is 0.414. The standard InChI is InChI=1S/C17H18O4S/c1-11-8-13(9-12(2)17(11)19)16(18)10-22(20)15-6-4-14(21-3)5-7-15/h4-10,18-19H,1-3H3. The van der Waals surface area contributed by atoms with Crippen molar-refractivity contribution in [1.29, 1.82) is 0 Å². The van der Waals surface area contributed by atoms with Crippen molar-refractivity contribution in [2.24, 2.45) is 0 Å². The summed E-state index contributed by atoms with van der Waals surface area (Å²) in [5, 5.41) is 21.2. The van der Waals surface area contributed by atoms with E-state index in [1.807, 2.05) is 0 Å². The lowest BCUT2D eigenvalue weighted by atomic mass is 10.1. The van der Waals surface area contributed by atoms with Gasteiger partial charge in [-0.25, -0.2) is 4.21 Å². The molecule has 1 atom stereocenters. The van der Waals surface area contributed by atoms with Crippen LogP contribution in [-0.2, 0) is 10.8 Å². The Morgan fingerprint density at radius 3 is 2.18 bits per heavy atom. The van der Waals surface area contributed by atoms with Gasteiger partial charge in [0.15, 0.2) is 0 Å². The number of ether oxygens (including phenoxy) is 1. The van der Waals surface area contributed by atoms with Crippen molar-refractivity contribution in [3.63, 3.8) is 0 Å². The summed E-state index contributed by atoms with van der Waals surface area (Å²) in [6.07, 6.45) is 0. The molecule has 0 bridgehead atoms. The Morgan fingerprint density at radius 2 is 1.68 bits per heavy atom. The monoisotopic (exact) mass is 318 g/mol. The first-order valence-electron chi connectivity index (χ1n) is 6.68. The molecular formula is C17H18O4S. The number of aliphatic hydroxyl groups is 1. The molecule has 1 unspecified atom stereocenters. The minimum Gasteiger partial charge on any atom is -0.507 e. The molecule has 0 aliphatic rings. The molecule has 0 fully saturated rings. The summed E-state index contributed by atoms with van der Waals surface area (Å²) in [6.45, 7) is 3.50. The van der Waals surface area contributed by atoms with E-state index < -0.39 is 10.8 Å². The number of hydrogen-bond acceptors (Lipinski definition) is 4. The van der Waals surface area contributed by atoms with E-state index in [-0.39, 0.29) is 11.5 Å². The summed E-state index contributed by atoms with van der Waals surface area (Å²) < 4.78 is 17.3. The van der Waals surface area contributed by atoms with Crippen LogP contribution >= 0.6 is 0 Å². The summed E-state index contributed by atoms with van der Waals surface area (Å²) >= 11 is 0. The van der Waals surface area contributed by atoms with Crippen molar-refractivity contribution in [3.8, 4) is 11.5 Å². The molecule has 0 heterocycles. The van der Waals surface area contributed by atoms with E-state index in [9.17, 15) is 14.4 Å². The van der Waals surface area contributed by atoms with Crippen molar-refractivity contribution < 1.29 is 19.2 Å². The number of rotatable bonds is 4.